The SMILES string of the molecule is CC(=O)c1ccc2c(c1)[nH]c(=O)n2C1CCC(O)CC1. The van der Waals surface area contributed by atoms with Gasteiger partial charge in [0.25, 0.3) is 0 Å². The van der Waals surface area contributed by atoms with Crippen LogP contribution in [0.5, 0.6) is 0 Å². The fourth-order valence-corrected chi connectivity index (χ4v) is 3.03. The van der Waals surface area contributed by atoms with Crippen molar-refractivity contribution in [3.8, 4) is 0 Å². The minimum Gasteiger partial charge on any atom is -0.393 e. The van der Waals surface area contributed by atoms with Gasteiger partial charge in [0.2, 0.25) is 0 Å². The third-order valence-corrected chi connectivity index (χ3v) is 4.15. The van der Waals surface area contributed by atoms with E-state index in [0.29, 0.717) is 11.1 Å². The topological polar surface area (TPSA) is 75.1 Å². The molecule has 1 aromatic carbocycles. The van der Waals surface area contributed by atoms with Crippen molar-refractivity contribution in [2.45, 2.75) is 44.8 Å². The van der Waals surface area contributed by atoms with E-state index in [9.17, 15) is 14.7 Å². The first-order valence-electron chi connectivity index (χ1n) is 6.99. The van der Waals surface area contributed by atoms with E-state index in [1.54, 1.807) is 16.7 Å². The van der Waals surface area contributed by atoms with Gasteiger partial charge in [-0.05, 0) is 50.8 Å². The summed E-state index contributed by atoms with van der Waals surface area (Å²) < 4.78 is 1.77. The van der Waals surface area contributed by atoms with Crippen molar-refractivity contribution in [2.24, 2.45) is 0 Å². The molecule has 20 heavy (non-hydrogen) atoms. The molecule has 5 nitrogen and oxygen atoms in total. The predicted octanol–water partition coefficient (Wildman–Crippen LogP) is 2.01. The van der Waals surface area contributed by atoms with E-state index < -0.39 is 0 Å². The molecule has 2 N–H and O–H groups in total. The highest BCUT2D eigenvalue weighted by molar-refractivity contribution is 5.97. The minimum absolute atomic E-state index is 0.0127. The molecule has 0 bridgehead atoms. The second-order valence-electron chi connectivity index (χ2n) is 5.55. The zero-order chi connectivity index (χ0) is 14.3. The van der Waals surface area contributed by atoms with Gasteiger partial charge in [-0.2, -0.15) is 0 Å². The Labute approximate surface area is 116 Å². The van der Waals surface area contributed by atoms with Crippen molar-refractivity contribution >= 4 is 16.8 Å². The standard InChI is InChI=1S/C15H18N2O3/c1-9(18)10-2-7-14-13(8-10)16-15(20)17(14)11-3-5-12(19)6-4-11/h2,7-8,11-12,19H,3-6H2,1H3,(H,16,20). The highest BCUT2D eigenvalue weighted by atomic mass is 16.3. The Balaban J connectivity index is 2.05. The van der Waals surface area contributed by atoms with Gasteiger partial charge in [0.1, 0.15) is 0 Å². The van der Waals surface area contributed by atoms with Crippen LogP contribution in [0, 0.1) is 0 Å². The number of Topliss-reactive ketones (excluding diaryl/α,β-unsaturated/α-hetero) is 1. The van der Waals surface area contributed by atoms with E-state index in [1.165, 1.54) is 6.92 Å². The second kappa shape index (κ2) is 4.90. The highest BCUT2D eigenvalue weighted by Gasteiger charge is 2.23. The Morgan fingerprint density at radius 2 is 2.00 bits per heavy atom. The Kier molecular flexibility index (Phi) is 3.22. The number of aliphatic hydroxyl groups excluding tert-OH is 1. The summed E-state index contributed by atoms with van der Waals surface area (Å²) in [5, 5.41) is 9.57. The van der Waals surface area contributed by atoms with Crippen LogP contribution in [0.2, 0.25) is 0 Å². The molecule has 0 saturated heterocycles. The fraction of sp³-hybridized carbons (Fsp3) is 0.467. The number of ketones is 1. The molecule has 106 valence electrons. The van der Waals surface area contributed by atoms with Gasteiger partial charge in [-0.3, -0.25) is 9.36 Å². The summed E-state index contributed by atoms with van der Waals surface area (Å²) in [6.07, 6.45) is 2.84. The van der Waals surface area contributed by atoms with Crippen molar-refractivity contribution in [2.75, 3.05) is 0 Å². The van der Waals surface area contributed by atoms with Crippen LogP contribution in [0.15, 0.2) is 23.0 Å². The van der Waals surface area contributed by atoms with E-state index >= 15 is 0 Å². The number of aromatic nitrogens is 2. The molecule has 2 aromatic rings. The van der Waals surface area contributed by atoms with Gasteiger partial charge in [0, 0.05) is 11.6 Å². The quantitative estimate of drug-likeness (QED) is 0.822. The van der Waals surface area contributed by atoms with Crippen LogP contribution in [0.4, 0.5) is 0 Å². The number of benzene rings is 1. The van der Waals surface area contributed by atoms with Crippen molar-refractivity contribution < 1.29 is 9.90 Å². The zero-order valence-electron chi connectivity index (χ0n) is 11.4. The number of nitrogens with zero attached hydrogens (tertiary/aromatic N) is 1. The average Bonchev–Trinajstić information content (AvgIpc) is 2.74. The van der Waals surface area contributed by atoms with E-state index in [1.807, 2.05) is 6.07 Å². The summed E-state index contributed by atoms with van der Waals surface area (Å²) in [4.78, 5) is 26.4. The number of aromatic amines is 1. The maximum absolute atomic E-state index is 12.2. The van der Waals surface area contributed by atoms with Crippen molar-refractivity contribution in [1.82, 2.24) is 9.55 Å². The maximum atomic E-state index is 12.2. The summed E-state index contributed by atoms with van der Waals surface area (Å²) >= 11 is 0. The number of imidazole rings is 1. The lowest BCUT2D eigenvalue weighted by atomic mass is 9.93. The average molecular weight is 274 g/mol. The Bertz CT molecular complexity index is 705. The maximum Gasteiger partial charge on any atom is 0.326 e. The lowest BCUT2D eigenvalue weighted by Gasteiger charge is -2.26. The minimum atomic E-state index is -0.239. The van der Waals surface area contributed by atoms with E-state index in [-0.39, 0.29) is 23.6 Å². The molecule has 0 aliphatic heterocycles. The first kappa shape index (κ1) is 13.1. The van der Waals surface area contributed by atoms with Crippen LogP contribution in [-0.2, 0) is 0 Å². The van der Waals surface area contributed by atoms with Gasteiger partial charge in [-0.1, -0.05) is 0 Å². The number of nitrogens with one attached hydrogen (secondary N) is 1. The summed E-state index contributed by atoms with van der Waals surface area (Å²) in [7, 11) is 0. The van der Waals surface area contributed by atoms with Gasteiger partial charge in [0.05, 0.1) is 17.1 Å². The first-order valence-corrected chi connectivity index (χ1v) is 6.99. The largest absolute Gasteiger partial charge is 0.393 e. The normalized spacial score (nSPS) is 23.1. The number of H-pyrrole nitrogens is 1. The number of carbonyl (C=O) groups excluding carboxylic acids is 1. The molecular formula is C15H18N2O3. The number of fused-ring (bicyclic) bond motifs is 1. The lowest BCUT2D eigenvalue weighted by molar-refractivity contribution is 0.101. The van der Waals surface area contributed by atoms with Crippen LogP contribution in [-0.4, -0.2) is 26.5 Å². The van der Waals surface area contributed by atoms with Crippen molar-refractivity contribution in [1.29, 1.82) is 0 Å². The highest BCUT2D eigenvalue weighted by Crippen LogP contribution is 2.29. The Morgan fingerprint density at radius 1 is 1.30 bits per heavy atom. The van der Waals surface area contributed by atoms with Crippen molar-refractivity contribution in [3.05, 3.63) is 34.2 Å². The van der Waals surface area contributed by atoms with E-state index in [4.69, 9.17) is 0 Å². The van der Waals surface area contributed by atoms with Crippen LogP contribution in [0.25, 0.3) is 11.0 Å². The molecule has 0 amide bonds. The van der Waals surface area contributed by atoms with Gasteiger partial charge in [-0.25, -0.2) is 4.79 Å². The Morgan fingerprint density at radius 3 is 2.65 bits per heavy atom. The molecule has 0 radical (unpaired) electrons. The number of hydrogen-bond acceptors (Lipinski definition) is 3. The smallest absolute Gasteiger partial charge is 0.326 e. The lowest BCUT2D eigenvalue weighted by Crippen LogP contribution is -2.27. The summed E-state index contributed by atoms with van der Waals surface area (Å²) in [5.41, 5.74) is 2.00. The predicted molar refractivity (Wildman–Crippen MR) is 76.1 cm³/mol. The van der Waals surface area contributed by atoms with Crippen LogP contribution in [0.3, 0.4) is 0 Å². The van der Waals surface area contributed by atoms with Gasteiger partial charge < -0.3 is 10.1 Å². The summed E-state index contributed by atoms with van der Waals surface area (Å²) in [6.45, 7) is 1.51. The van der Waals surface area contributed by atoms with E-state index in [0.717, 1.165) is 31.2 Å². The molecule has 3 rings (SSSR count). The molecule has 0 spiro atoms. The number of carbonyl (C=O) groups is 1. The van der Waals surface area contributed by atoms with Gasteiger partial charge in [-0.15, -0.1) is 0 Å². The molecule has 1 fully saturated rings. The molecule has 1 aliphatic carbocycles. The zero-order valence-corrected chi connectivity index (χ0v) is 11.4. The molecule has 0 atom stereocenters. The van der Waals surface area contributed by atoms with Gasteiger partial charge >= 0.3 is 5.69 Å². The molecular weight excluding hydrogens is 256 g/mol. The van der Waals surface area contributed by atoms with Gasteiger partial charge in [0.15, 0.2) is 5.78 Å². The molecule has 0 unspecified atom stereocenters. The third-order valence-electron chi connectivity index (χ3n) is 4.15. The monoisotopic (exact) mass is 274 g/mol. The first-order chi connectivity index (χ1) is 9.56. The number of hydrogen-bond donors (Lipinski definition) is 2. The summed E-state index contributed by atoms with van der Waals surface area (Å²) in [6, 6.07) is 5.44. The van der Waals surface area contributed by atoms with Crippen LogP contribution in [0.1, 0.15) is 49.0 Å². The molecule has 1 aliphatic rings. The third kappa shape index (κ3) is 2.18. The molecule has 1 saturated carbocycles. The Hall–Kier alpha value is -1.88. The van der Waals surface area contributed by atoms with E-state index in [2.05, 4.69) is 4.98 Å². The van der Waals surface area contributed by atoms with Crippen LogP contribution < -0.4 is 5.69 Å². The molecule has 5 heteroatoms. The number of rotatable bonds is 2. The molecule has 1 aromatic heterocycles. The number of aliphatic hydroxyl groups is 1. The second-order valence-corrected chi connectivity index (χ2v) is 5.55. The molecule has 1 heterocycles. The van der Waals surface area contributed by atoms with Crippen LogP contribution >= 0.6 is 0 Å². The fourth-order valence-electron chi connectivity index (χ4n) is 3.03. The summed E-state index contributed by atoms with van der Waals surface area (Å²) in [5.74, 6) is -0.0127. The van der Waals surface area contributed by atoms with Crippen molar-refractivity contribution in [3.63, 3.8) is 0 Å².